The molecule has 1 aliphatic heterocycles. The molecular formula is C14H19ClN5O9P. The van der Waals surface area contributed by atoms with Crippen LogP contribution in [0.5, 0.6) is 0 Å². The summed E-state index contributed by atoms with van der Waals surface area (Å²) >= 11 is 5.80. The van der Waals surface area contributed by atoms with Crippen molar-refractivity contribution >= 4 is 42.1 Å². The number of halogens is 1. The summed E-state index contributed by atoms with van der Waals surface area (Å²) in [4.78, 5) is 42.2. The number of anilines is 1. The van der Waals surface area contributed by atoms with Crippen molar-refractivity contribution in [2.45, 2.75) is 37.3 Å². The Morgan fingerprint density at radius 1 is 1.40 bits per heavy atom. The molecule has 14 nitrogen and oxygen atoms in total. The summed E-state index contributed by atoms with van der Waals surface area (Å²) in [6, 6.07) is 0. The van der Waals surface area contributed by atoms with E-state index in [1.807, 2.05) is 0 Å². The lowest BCUT2D eigenvalue weighted by Crippen LogP contribution is -2.36. The van der Waals surface area contributed by atoms with Crippen LogP contribution in [0.3, 0.4) is 0 Å². The van der Waals surface area contributed by atoms with E-state index in [1.54, 1.807) is 0 Å². The average Bonchev–Trinajstić information content (AvgIpc) is 3.17. The maximum absolute atomic E-state index is 11.8. The summed E-state index contributed by atoms with van der Waals surface area (Å²) in [5.41, 5.74) is 6.05. The van der Waals surface area contributed by atoms with E-state index in [9.17, 15) is 29.4 Å². The van der Waals surface area contributed by atoms with Gasteiger partial charge in [-0.25, -0.2) is 9.78 Å². The molecule has 6 N–H and O–H groups in total. The number of ether oxygens (including phenoxy) is 3. The van der Waals surface area contributed by atoms with Gasteiger partial charge in [-0.1, -0.05) is 0 Å². The standard InChI is InChI=1S/C14H19ClN5O9P/c1-2-27-12(23)13(30(24,25)26)28-3-5-7(21)8(22)11(29-5)20-4-17-6-9(16)18-14(15)19-10(6)20/h4-5,7-8,11,13,21-22H,2-3H2,1H3,(H2,16,18,19)(H2,24,25,26)/t5-,7+,8-,11-,13?/m1/s1. The topological polar surface area (TPSA) is 212 Å². The number of aliphatic hydroxyl groups is 2. The van der Waals surface area contributed by atoms with Gasteiger partial charge in [-0.3, -0.25) is 9.13 Å². The summed E-state index contributed by atoms with van der Waals surface area (Å²) in [6.07, 6.45) is -4.24. The second-order valence-electron chi connectivity index (χ2n) is 6.28. The fourth-order valence-electron chi connectivity index (χ4n) is 2.90. The van der Waals surface area contributed by atoms with E-state index in [4.69, 9.17) is 26.8 Å². The van der Waals surface area contributed by atoms with Gasteiger partial charge in [0, 0.05) is 0 Å². The fourth-order valence-corrected chi connectivity index (χ4v) is 3.70. The van der Waals surface area contributed by atoms with Crippen LogP contribution in [0.1, 0.15) is 13.2 Å². The van der Waals surface area contributed by atoms with Gasteiger partial charge in [0.25, 0.3) is 5.85 Å². The van der Waals surface area contributed by atoms with Crippen molar-refractivity contribution in [2.24, 2.45) is 0 Å². The Morgan fingerprint density at radius 2 is 2.10 bits per heavy atom. The number of carbonyl (C=O) groups excluding carboxylic acids is 1. The molecule has 0 spiro atoms. The third-order valence-electron chi connectivity index (χ3n) is 4.24. The molecule has 3 heterocycles. The monoisotopic (exact) mass is 467 g/mol. The molecule has 3 rings (SSSR count). The molecule has 0 aliphatic carbocycles. The molecule has 1 saturated heterocycles. The number of rotatable bonds is 7. The summed E-state index contributed by atoms with van der Waals surface area (Å²) in [5.74, 6) is -3.47. The van der Waals surface area contributed by atoms with Crippen molar-refractivity contribution in [3.63, 3.8) is 0 Å². The molecule has 2 aromatic rings. The molecular weight excluding hydrogens is 449 g/mol. The number of nitrogen functional groups attached to an aromatic ring is 1. The lowest BCUT2D eigenvalue weighted by molar-refractivity contribution is -0.155. The summed E-state index contributed by atoms with van der Waals surface area (Å²) in [7, 11) is -5.02. The van der Waals surface area contributed by atoms with Crippen LogP contribution >= 0.6 is 19.2 Å². The Labute approximate surface area is 173 Å². The van der Waals surface area contributed by atoms with Gasteiger partial charge in [-0.15, -0.1) is 0 Å². The highest BCUT2D eigenvalue weighted by atomic mass is 35.5. The number of esters is 1. The van der Waals surface area contributed by atoms with Crippen LogP contribution in [0.4, 0.5) is 5.82 Å². The second kappa shape index (κ2) is 8.69. The minimum atomic E-state index is -5.02. The Bertz CT molecular complexity index is 984. The van der Waals surface area contributed by atoms with E-state index in [0.717, 1.165) is 0 Å². The second-order valence-corrected chi connectivity index (χ2v) is 8.26. The van der Waals surface area contributed by atoms with Crippen LogP contribution in [0, 0.1) is 0 Å². The zero-order chi connectivity index (χ0) is 22.2. The zero-order valence-electron chi connectivity index (χ0n) is 15.4. The van der Waals surface area contributed by atoms with E-state index < -0.39 is 50.6 Å². The Kier molecular flexibility index (Phi) is 6.60. The maximum atomic E-state index is 11.8. The number of aliphatic hydroxyl groups excluding tert-OH is 2. The Hall–Kier alpha value is -1.90. The Balaban J connectivity index is 1.79. The molecule has 0 saturated carbocycles. The first kappa shape index (κ1) is 22.8. The van der Waals surface area contributed by atoms with Crippen LogP contribution in [0.15, 0.2) is 6.33 Å². The smallest absolute Gasteiger partial charge is 0.365 e. The molecule has 166 valence electrons. The molecule has 0 aromatic carbocycles. The molecule has 0 radical (unpaired) electrons. The first-order chi connectivity index (χ1) is 14.0. The molecule has 30 heavy (non-hydrogen) atoms. The fraction of sp³-hybridized carbons (Fsp3) is 0.571. The molecule has 1 aliphatic rings. The van der Waals surface area contributed by atoms with Gasteiger partial charge in [0.2, 0.25) is 5.28 Å². The third-order valence-corrected chi connectivity index (χ3v) is 5.38. The van der Waals surface area contributed by atoms with Crippen LogP contribution < -0.4 is 5.73 Å². The van der Waals surface area contributed by atoms with Gasteiger partial charge in [-0.2, -0.15) is 9.97 Å². The van der Waals surface area contributed by atoms with Gasteiger partial charge in [0.05, 0.1) is 19.5 Å². The van der Waals surface area contributed by atoms with Crippen molar-refractivity contribution in [3.8, 4) is 0 Å². The number of aromatic nitrogens is 4. The SMILES string of the molecule is CCOC(=O)C(OC[C@H]1O[C@@H](n2cnc3c(N)nc(Cl)nc32)[C@H](O)[C@H]1O)P(=O)(O)O. The highest BCUT2D eigenvalue weighted by Crippen LogP contribution is 2.43. The first-order valence-electron chi connectivity index (χ1n) is 8.55. The number of imidazole rings is 1. The molecule has 1 unspecified atom stereocenters. The number of carbonyl (C=O) groups is 1. The van der Waals surface area contributed by atoms with Crippen LogP contribution in [0.25, 0.3) is 11.2 Å². The van der Waals surface area contributed by atoms with Crippen LogP contribution in [-0.4, -0.2) is 82.9 Å². The van der Waals surface area contributed by atoms with Crippen molar-refractivity contribution in [2.75, 3.05) is 18.9 Å². The summed E-state index contributed by atoms with van der Waals surface area (Å²) in [6.45, 7) is 0.703. The van der Waals surface area contributed by atoms with E-state index in [-0.39, 0.29) is 28.9 Å². The van der Waals surface area contributed by atoms with Crippen LogP contribution in [0.2, 0.25) is 5.28 Å². The van der Waals surface area contributed by atoms with E-state index in [2.05, 4.69) is 19.7 Å². The lowest BCUT2D eigenvalue weighted by Gasteiger charge is -2.20. The summed E-state index contributed by atoms with van der Waals surface area (Å²) in [5, 5.41) is 20.5. The highest BCUT2D eigenvalue weighted by molar-refractivity contribution is 7.53. The van der Waals surface area contributed by atoms with Crippen LogP contribution in [-0.2, 0) is 23.6 Å². The predicted octanol–water partition coefficient (Wildman–Crippen LogP) is -1.24. The van der Waals surface area contributed by atoms with E-state index in [1.165, 1.54) is 17.8 Å². The quantitative estimate of drug-likeness (QED) is 0.183. The van der Waals surface area contributed by atoms with Gasteiger partial charge < -0.3 is 39.9 Å². The number of hydrogen-bond donors (Lipinski definition) is 5. The summed E-state index contributed by atoms with van der Waals surface area (Å²) < 4.78 is 27.9. The van der Waals surface area contributed by atoms with E-state index in [0.29, 0.717) is 0 Å². The van der Waals surface area contributed by atoms with Crippen molar-refractivity contribution < 1.29 is 43.6 Å². The molecule has 16 heteroatoms. The number of hydrogen-bond acceptors (Lipinski definition) is 11. The van der Waals surface area contributed by atoms with Gasteiger partial charge >= 0.3 is 13.6 Å². The van der Waals surface area contributed by atoms with Gasteiger partial charge in [-0.05, 0) is 18.5 Å². The normalized spacial score (nSPS) is 25.5. The molecule has 2 aromatic heterocycles. The minimum Gasteiger partial charge on any atom is -0.464 e. The maximum Gasteiger partial charge on any atom is 0.365 e. The molecule has 0 amide bonds. The van der Waals surface area contributed by atoms with Crippen molar-refractivity contribution in [1.82, 2.24) is 19.5 Å². The number of nitrogens with zero attached hydrogens (tertiary/aromatic N) is 4. The van der Waals surface area contributed by atoms with E-state index >= 15 is 0 Å². The minimum absolute atomic E-state index is 0.00408. The molecule has 0 bridgehead atoms. The average molecular weight is 468 g/mol. The highest BCUT2D eigenvalue weighted by Gasteiger charge is 2.46. The Morgan fingerprint density at radius 3 is 2.73 bits per heavy atom. The van der Waals surface area contributed by atoms with Crippen molar-refractivity contribution in [3.05, 3.63) is 11.6 Å². The van der Waals surface area contributed by atoms with Gasteiger partial charge in [0.15, 0.2) is 17.7 Å². The molecule has 1 fully saturated rings. The number of nitrogens with two attached hydrogens (primary N) is 1. The first-order valence-corrected chi connectivity index (χ1v) is 10.6. The lowest BCUT2D eigenvalue weighted by atomic mass is 10.1. The number of fused-ring (bicyclic) bond motifs is 1. The van der Waals surface area contributed by atoms with Gasteiger partial charge in [0.1, 0.15) is 23.8 Å². The zero-order valence-corrected chi connectivity index (χ0v) is 17.1. The predicted molar refractivity (Wildman–Crippen MR) is 99.1 cm³/mol. The third kappa shape index (κ3) is 4.40. The molecule has 5 atom stereocenters. The largest absolute Gasteiger partial charge is 0.464 e. The van der Waals surface area contributed by atoms with Crippen molar-refractivity contribution in [1.29, 1.82) is 0 Å².